The van der Waals surface area contributed by atoms with Crippen LogP contribution in [0.3, 0.4) is 0 Å². The molecule has 4 heteroatoms. The van der Waals surface area contributed by atoms with E-state index in [0.717, 1.165) is 0 Å². The van der Waals surface area contributed by atoms with Crippen molar-refractivity contribution in [2.24, 2.45) is 17.6 Å². The van der Waals surface area contributed by atoms with E-state index in [9.17, 15) is 4.79 Å². The first kappa shape index (κ1) is 12.7. The number of rotatable bonds is 1. The molecule has 2 atom stereocenters. The third kappa shape index (κ3) is 2.92. The zero-order chi connectivity index (χ0) is 12.6. The van der Waals surface area contributed by atoms with Gasteiger partial charge in [-0.05, 0) is 58.3 Å². The van der Waals surface area contributed by atoms with E-state index in [2.05, 4.69) is 5.32 Å². The molecular weight excluding hydrogens is 216 g/mol. The van der Waals surface area contributed by atoms with Crippen molar-refractivity contribution in [1.29, 1.82) is 0 Å². The highest BCUT2D eigenvalue weighted by Gasteiger charge is 2.42. The van der Waals surface area contributed by atoms with Gasteiger partial charge in [0.2, 0.25) is 0 Å². The van der Waals surface area contributed by atoms with E-state index in [4.69, 9.17) is 10.5 Å². The Balaban J connectivity index is 1.92. The minimum atomic E-state index is -0.443. The molecule has 2 bridgehead atoms. The van der Waals surface area contributed by atoms with Crippen molar-refractivity contribution in [3.63, 3.8) is 0 Å². The molecule has 1 amide bonds. The lowest BCUT2D eigenvalue weighted by Gasteiger charge is -2.47. The van der Waals surface area contributed by atoms with E-state index >= 15 is 0 Å². The van der Waals surface area contributed by atoms with Crippen LogP contribution in [0.2, 0.25) is 0 Å². The minimum absolute atomic E-state index is 0.106. The highest BCUT2D eigenvalue weighted by Crippen LogP contribution is 2.40. The van der Waals surface area contributed by atoms with Gasteiger partial charge in [0.15, 0.2) is 0 Å². The standard InChI is InChI=1S/C13H24N2O2/c1-13(2,3)17-12(16)15-11-9-6-4-8(5-7-9)10(11)14/h8-11H,4-7,14H2,1-3H3,(H,15,16)/t8?,9?,10-,11-/m0/s1. The predicted molar refractivity (Wildman–Crippen MR) is 66.6 cm³/mol. The fraction of sp³-hybridized carbons (Fsp3) is 0.923. The molecule has 0 aliphatic heterocycles. The Kier molecular flexibility index (Phi) is 3.34. The molecular formula is C13H24N2O2. The zero-order valence-corrected chi connectivity index (χ0v) is 11.0. The summed E-state index contributed by atoms with van der Waals surface area (Å²) in [6, 6.07) is 0.215. The summed E-state index contributed by atoms with van der Waals surface area (Å²) in [4.78, 5) is 11.8. The molecule has 3 N–H and O–H groups in total. The van der Waals surface area contributed by atoms with Crippen molar-refractivity contribution in [1.82, 2.24) is 5.32 Å². The summed E-state index contributed by atoms with van der Waals surface area (Å²) in [5.74, 6) is 1.13. The van der Waals surface area contributed by atoms with Gasteiger partial charge in [0.1, 0.15) is 5.60 Å². The second kappa shape index (κ2) is 4.48. The number of carbonyl (C=O) groups excluding carboxylic acids is 1. The SMILES string of the molecule is CC(C)(C)OC(=O)N[C@H]1C2CCC(CC2)[C@@H]1N. The number of hydrogen-bond acceptors (Lipinski definition) is 3. The molecule has 0 spiro atoms. The summed E-state index contributed by atoms with van der Waals surface area (Å²) in [6.07, 6.45) is 4.50. The monoisotopic (exact) mass is 240 g/mol. The maximum absolute atomic E-state index is 11.8. The van der Waals surface area contributed by atoms with Gasteiger partial charge in [0.05, 0.1) is 6.04 Å². The maximum Gasteiger partial charge on any atom is 0.407 e. The zero-order valence-electron chi connectivity index (χ0n) is 11.0. The first-order valence-corrected chi connectivity index (χ1v) is 6.62. The molecule has 0 aromatic rings. The van der Waals surface area contributed by atoms with Crippen LogP contribution in [0.15, 0.2) is 0 Å². The van der Waals surface area contributed by atoms with Gasteiger partial charge in [-0.2, -0.15) is 0 Å². The summed E-state index contributed by atoms with van der Waals surface area (Å²) in [5.41, 5.74) is 5.76. The molecule has 3 fully saturated rings. The Hall–Kier alpha value is -0.770. The molecule has 4 nitrogen and oxygen atoms in total. The Morgan fingerprint density at radius 3 is 2.18 bits per heavy atom. The van der Waals surface area contributed by atoms with Crippen molar-refractivity contribution < 1.29 is 9.53 Å². The third-order valence-corrected chi connectivity index (χ3v) is 3.97. The Bertz CT molecular complexity index is 288. The van der Waals surface area contributed by atoms with Gasteiger partial charge in [0.25, 0.3) is 0 Å². The van der Waals surface area contributed by atoms with Crippen molar-refractivity contribution in [2.45, 2.75) is 64.1 Å². The summed E-state index contributed by atoms with van der Waals surface area (Å²) in [5, 5.41) is 2.97. The van der Waals surface area contributed by atoms with E-state index in [0.29, 0.717) is 11.8 Å². The average molecular weight is 240 g/mol. The number of hydrogen-bond donors (Lipinski definition) is 2. The van der Waals surface area contributed by atoms with Crippen molar-refractivity contribution >= 4 is 6.09 Å². The lowest BCUT2D eigenvalue weighted by molar-refractivity contribution is 0.0356. The van der Waals surface area contributed by atoms with Crippen molar-refractivity contribution in [2.75, 3.05) is 0 Å². The van der Waals surface area contributed by atoms with Crippen LogP contribution in [-0.4, -0.2) is 23.8 Å². The van der Waals surface area contributed by atoms with Gasteiger partial charge in [-0.15, -0.1) is 0 Å². The molecule has 0 aromatic carbocycles. The predicted octanol–water partition coefficient (Wildman–Crippen LogP) is 2.03. The van der Waals surface area contributed by atoms with E-state index in [1.807, 2.05) is 20.8 Å². The summed E-state index contributed by atoms with van der Waals surface area (Å²) < 4.78 is 5.29. The van der Waals surface area contributed by atoms with Gasteiger partial charge in [0, 0.05) is 6.04 Å². The summed E-state index contributed by atoms with van der Waals surface area (Å²) >= 11 is 0. The van der Waals surface area contributed by atoms with Gasteiger partial charge >= 0.3 is 6.09 Å². The molecule has 0 saturated heterocycles. The molecule has 0 unspecified atom stereocenters. The van der Waals surface area contributed by atoms with Crippen LogP contribution >= 0.6 is 0 Å². The van der Waals surface area contributed by atoms with Crippen molar-refractivity contribution in [3.8, 4) is 0 Å². The summed E-state index contributed by atoms with van der Waals surface area (Å²) in [7, 11) is 0. The fourth-order valence-electron chi connectivity index (χ4n) is 3.15. The van der Waals surface area contributed by atoms with Crippen LogP contribution in [0, 0.1) is 11.8 Å². The number of nitrogens with one attached hydrogen (secondary N) is 1. The molecule has 98 valence electrons. The molecule has 3 aliphatic rings. The molecule has 3 aliphatic carbocycles. The Labute approximate surface area is 103 Å². The molecule has 3 rings (SSSR count). The highest BCUT2D eigenvalue weighted by atomic mass is 16.6. The first-order valence-electron chi connectivity index (χ1n) is 6.62. The number of fused-ring (bicyclic) bond motifs is 3. The van der Waals surface area contributed by atoms with Gasteiger partial charge in [-0.1, -0.05) is 0 Å². The van der Waals surface area contributed by atoms with Crippen LogP contribution < -0.4 is 11.1 Å². The van der Waals surface area contributed by atoms with Gasteiger partial charge < -0.3 is 15.8 Å². The smallest absolute Gasteiger partial charge is 0.407 e. The third-order valence-electron chi connectivity index (χ3n) is 3.97. The number of amides is 1. The second-order valence-corrected chi connectivity index (χ2v) is 6.42. The number of alkyl carbamates (subject to hydrolysis) is 1. The van der Waals surface area contributed by atoms with Crippen LogP contribution in [0.5, 0.6) is 0 Å². The van der Waals surface area contributed by atoms with E-state index in [1.54, 1.807) is 0 Å². The Morgan fingerprint density at radius 2 is 1.71 bits per heavy atom. The molecule has 0 aromatic heterocycles. The highest BCUT2D eigenvalue weighted by molar-refractivity contribution is 5.68. The quantitative estimate of drug-likeness (QED) is 0.737. The topological polar surface area (TPSA) is 64.3 Å². The fourth-order valence-corrected chi connectivity index (χ4v) is 3.15. The lowest BCUT2D eigenvalue weighted by Crippen LogP contribution is -2.60. The van der Waals surface area contributed by atoms with Crippen LogP contribution in [0.4, 0.5) is 4.79 Å². The van der Waals surface area contributed by atoms with Gasteiger partial charge in [-0.25, -0.2) is 4.79 Å². The van der Waals surface area contributed by atoms with Crippen LogP contribution in [0.25, 0.3) is 0 Å². The van der Waals surface area contributed by atoms with E-state index < -0.39 is 5.60 Å². The maximum atomic E-state index is 11.8. The molecule has 3 saturated carbocycles. The molecule has 0 radical (unpaired) electrons. The molecule has 17 heavy (non-hydrogen) atoms. The number of carbonyl (C=O) groups is 1. The van der Waals surface area contributed by atoms with E-state index in [-0.39, 0.29) is 18.2 Å². The van der Waals surface area contributed by atoms with Crippen molar-refractivity contribution in [3.05, 3.63) is 0 Å². The number of nitrogens with two attached hydrogens (primary N) is 1. The van der Waals surface area contributed by atoms with Crippen LogP contribution in [0.1, 0.15) is 46.5 Å². The minimum Gasteiger partial charge on any atom is -0.444 e. The van der Waals surface area contributed by atoms with Gasteiger partial charge in [-0.3, -0.25) is 0 Å². The largest absolute Gasteiger partial charge is 0.444 e. The second-order valence-electron chi connectivity index (χ2n) is 6.42. The Morgan fingerprint density at radius 1 is 1.18 bits per heavy atom. The number of ether oxygens (including phenoxy) is 1. The average Bonchev–Trinajstić information content (AvgIpc) is 2.21. The van der Waals surface area contributed by atoms with E-state index in [1.165, 1.54) is 25.7 Å². The normalized spacial score (nSPS) is 36.7. The molecule has 0 heterocycles. The first-order chi connectivity index (χ1) is 7.87. The summed E-state index contributed by atoms with van der Waals surface area (Å²) in [6.45, 7) is 5.62. The van der Waals surface area contributed by atoms with Crippen LogP contribution in [-0.2, 0) is 4.74 Å². The lowest BCUT2D eigenvalue weighted by atomic mass is 9.65.